The Morgan fingerprint density at radius 3 is 2.46 bits per heavy atom. The van der Waals surface area contributed by atoms with Gasteiger partial charge in [-0.3, -0.25) is 20.4 Å². The number of hydrogen-bond acceptors (Lipinski definition) is 4. The zero-order chi connectivity index (χ0) is 20.5. The van der Waals surface area contributed by atoms with Crippen LogP contribution in [-0.2, 0) is 16.0 Å². The second-order valence-electron chi connectivity index (χ2n) is 5.43. The summed E-state index contributed by atoms with van der Waals surface area (Å²) < 4.78 is 47.4. The Balaban J connectivity index is 1.94. The van der Waals surface area contributed by atoms with E-state index in [1.54, 1.807) is 6.07 Å². The minimum Gasteiger partial charge on any atom is -0.493 e. The number of alkyl halides is 2. The third-order valence-corrected chi connectivity index (χ3v) is 3.45. The molecule has 0 saturated heterocycles. The van der Waals surface area contributed by atoms with Gasteiger partial charge in [0.15, 0.2) is 11.5 Å². The van der Waals surface area contributed by atoms with E-state index < -0.39 is 24.2 Å². The molecule has 0 aromatic heterocycles. The maximum Gasteiger partial charge on any atom is 0.387 e. The van der Waals surface area contributed by atoms with Crippen molar-refractivity contribution in [3.05, 3.63) is 65.5 Å². The predicted octanol–water partition coefficient (Wildman–Crippen LogP) is 2.84. The van der Waals surface area contributed by atoms with E-state index in [1.807, 2.05) is 0 Å². The SMILES string of the molecule is COc1cccc(/C=C/C(=O)NNC(=O)Cc2ccc(F)cc2)c1OC(F)F. The second-order valence-corrected chi connectivity index (χ2v) is 5.43. The van der Waals surface area contributed by atoms with Crippen LogP contribution in [-0.4, -0.2) is 25.5 Å². The van der Waals surface area contributed by atoms with Crippen molar-refractivity contribution in [1.82, 2.24) is 10.9 Å². The zero-order valence-electron chi connectivity index (χ0n) is 14.7. The van der Waals surface area contributed by atoms with Gasteiger partial charge in [0.25, 0.3) is 5.91 Å². The molecule has 0 unspecified atom stereocenters. The van der Waals surface area contributed by atoms with Crippen molar-refractivity contribution in [1.29, 1.82) is 0 Å². The molecule has 2 amide bonds. The van der Waals surface area contributed by atoms with Crippen molar-refractivity contribution >= 4 is 17.9 Å². The lowest BCUT2D eigenvalue weighted by atomic mass is 10.1. The molecular formula is C19H17F3N2O4. The summed E-state index contributed by atoms with van der Waals surface area (Å²) >= 11 is 0. The van der Waals surface area contributed by atoms with Gasteiger partial charge in [-0.15, -0.1) is 0 Å². The molecule has 2 rings (SSSR count). The highest BCUT2D eigenvalue weighted by Crippen LogP contribution is 2.33. The Morgan fingerprint density at radius 2 is 1.82 bits per heavy atom. The van der Waals surface area contributed by atoms with Gasteiger partial charge < -0.3 is 9.47 Å². The van der Waals surface area contributed by atoms with Crippen LogP contribution in [0.5, 0.6) is 11.5 Å². The van der Waals surface area contributed by atoms with Crippen molar-refractivity contribution in [2.75, 3.05) is 7.11 Å². The van der Waals surface area contributed by atoms with Crippen molar-refractivity contribution in [2.24, 2.45) is 0 Å². The maximum absolute atomic E-state index is 12.8. The minimum atomic E-state index is -3.07. The first-order chi connectivity index (χ1) is 13.4. The molecule has 0 aliphatic heterocycles. The van der Waals surface area contributed by atoms with Crippen LogP contribution in [0.25, 0.3) is 6.08 Å². The van der Waals surface area contributed by atoms with Gasteiger partial charge >= 0.3 is 6.61 Å². The summed E-state index contributed by atoms with van der Waals surface area (Å²) in [4.78, 5) is 23.6. The third-order valence-electron chi connectivity index (χ3n) is 3.45. The Labute approximate surface area is 158 Å². The minimum absolute atomic E-state index is 0.0630. The standard InChI is InChI=1S/C19H17F3N2O4/c1-27-15-4-2-3-13(18(15)28-19(21)22)7-10-16(25)23-24-17(26)11-12-5-8-14(20)9-6-12/h2-10,19H,11H2,1H3,(H,23,25)(H,24,26)/b10-7+. The summed E-state index contributed by atoms with van der Waals surface area (Å²) in [5, 5.41) is 0. The fourth-order valence-corrected chi connectivity index (χ4v) is 2.21. The van der Waals surface area contributed by atoms with Crippen molar-refractivity contribution in [3.8, 4) is 11.5 Å². The van der Waals surface area contributed by atoms with Crippen LogP contribution < -0.4 is 20.3 Å². The molecule has 0 aliphatic carbocycles. The van der Waals surface area contributed by atoms with Gasteiger partial charge in [-0.25, -0.2) is 4.39 Å². The number of benzene rings is 2. The summed E-state index contributed by atoms with van der Waals surface area (Å²) in [7, 11) is 1.30. The first-order valence-corrected chi connectivity index (χ1v) is 8.02. The third kappa shape index (κ3) is 6.35. The zero-order valence-corrected chi connectivity index (χ0v) is 14.7. The summed E-state index contributed by atoms with van der Waals surface area (Å²) in [5.74, 6) is -1.77. The topological polar surface area (TPSA) is 76.7 Å². The van der Waals surface area contributed by atoms with Gasteiger partial charge in [-0.2, -0.15) is 8.78 Å². The highest BCUT2D eigenvalue weighted by molar-refractivity contribution is 5.93. The largest absolute Gasteiger partial charge is 0.493 e. The van der Waals surface area contributed by atoms with Crippen molar-refractivity contribution < 1.29 is 32.2 Å². The highest BCUT2D eigenvalue weighted by Gasteiger charge is 2.14. The first kappa shape index (κ1) is 20.8. The van der Waals surface area contributed by atoms with E-state index in [0.717, 1.165) is 6.08 Å². The Hall–Kier alpha value is -3.49. The number of para-hydroxylation sites is 1. The monoisotopic (exact) mass is 394 g/mol. The number of halogens is 3. The molecule has 148 valence electrons. The molecule has 6 nitrogen and oxygen atoms in total. The Kier molecular flexibility index (Phi) is 7.44. The van der Waals surface area contributed by atoms with E-state index in [0.29, 0.717) is 5.56 Å². The molecule has 2 aromatic rings. The number of amides is 2. The predicted molar refractivity (Wildman–Crippen MR) is 95.0 cm³/mol. The number of hydrogen-bond donors (Lipinski definition) is 2. The quantitative estimate of drug-likeness (QED) is 0.559. The molecule has 0 radical (unpaired) electrons. The second kappa shape index (κ2) is 10.0. The molecule has 2 N–H and O–H groups in total. The molecule has 0 saturated carbocycles. The van der Waals surface area contributed by atoms with Crippen LogP contribution in [0.2, 0.25) is 0 Å². The van der Waals surface area contributed by atoms with E-state index in [1.165, 1.54) is 49.6 Å². The molecule has 0 heterocycles. The van der Waals surface area contributed by atoms with Gasteiger partial charge in [0.05, 0.1) is 13.5 Å². The van der Waals surface area contributed by atoms with E-state index in [-0.39, 0.29) is 23.5 Å². The van der Waals surface area contributed by atoms with Gasteiger partial charge in [0.1, 0.15) is 5.82 Å². The Morgan fingerprint density at radius 1 is 1.11 bits per heavy atom. The van der Waals surface area contributed by atoms with Crippen LogP contribution in [0, 0.1) is 5.82 Å². The lowest BCUT2D eigenvalue weighted by Crippen LogP contribution is -2.41. The number of carbonyl (C=O) groups is 2. The molecule has 0 atom stereocenters. The number of nitrogens with one attached hydrogen (secondary N) is 2. The number of rotatable bonds is 7. The molecular weight excluding hydrogens is 377 g/mol. The number of carbonyl (C=O) groups excluding carboxylic acids is 2. The highest BCUT2D eigenvalue weighted by atomic mass is 19.3. The average Bonchev–Trinajstić information content (AvgIpc) is 2.67. The molecule has 2 aromatic carbocycles. The molecule has 0 spiro atoms. The normalized spacial score (nSPS) is 10.8. The van der Waals surface area contributed by atoms with Gasteiger partial charge in [0.2, 0.25) is 5.91 Å². The van der Waals surface area contributed by atoms with Gasteiger partial charge in [-0.1, -0.05) is 24.3 Å². The lowest BCUT2D eigenvalue weighted by molar-refractivity contribution is -0.126. The van der Waals surface area contributed by atoms with Crippen LogP contribution in [0.4, 0.5) is 13.2 Å². The summed E-state index contributed by atoms with van der Waals surface area (Å²) in [6.07, 6.45) is 2.21. The van der Waals surface area contributed by atoms with E-state index >= 15 is 0 Å². The Bertz CT molecular complexity index is 855. The van der Waals surface area contributed by atoms with Crippen LogP contribution in [0.15, 0.2) is 48.5 Å². The van der Waals surface area contributed by atoms with Crippen molar-refractivity contribution in [2.45, 2.75) is 13.0 Å². The maximum atomic E-state index is 12.8. The van der Waals surface area contributed by atoms with Crippen LogP contribution in [0.3, 0.4) is 0 Å². The van der Waals surface area contributed by atoms with E-state index in [2.05, 4.69) is 15.6 Å². The summed E-state index contributed by atoms with van der Waals surface area (Å²) in [5.41, 5.74) is 5.10. The smallest absolute Gasteiger partial charge is 0.387 e. The van der Waals surface area contributed by atoms with Gasteiger partial charge in [0, 0.05) is 11.6 Å². The van der Waals surface area contributed by atoms with E-state index in [4.69, 9.17) is 4.74 Å². The lowest BCUT2D eigenvalue weighted by Gasteiger charge is -2.12. The molecule has 0 bridgehead atoms. The summed E-state index contributed by atoms with van der Waals surface area (Å²) in [6.45, 7) is -3.07. The van der Waals surface area contributed by atoms with Gasteiger partial charge in [-0.05, 0) is 29.8 Å². The average molecular weight is 394 g/mol. The van der Waals surface area contributed by atoms with Crippen LogP contribution in [0.1, 0.15) is 11.1 Å². The fourth-order valence-electron chi connectivity index (χ4n) is 2.21. The first-order valence-electron chi connectivity index (χ1n) is 8.02. The van der Waals surface area contributed by atoms with E-state index in [9.17, 15) is 22.8 Å². The summed E-state index contributed by atoms with van der Waals surface area (Å²) in [6, 6.07) is 9.77. The molecule has 28 heavy (non-hydrogen) atoms. The molecule has 9 heteroatoms. The van der Waals surface area contributed by atoms with Crippen molar-refractivity contribution in [3.63, 3.8) is 0 Å². The fraction of sp³-hybridized carbons (Fsp3) is 0.158. The number of ether oxygens (including phenoxy) is 2. The van der Waals surface area contributed by atoms with Crippen LogP contribution >= 0.6 is 0 Å². The molecule has 0 fully saturated rings. The number of hydrazine groups is 1. The number of methoxy groups -OCH3 is 1. The molecule has 0 aliphatic rings.